The van der Waals surface area contributed by atoms with Crippen molar-refractivity contribution in [2.24, 2.45) is 0 Å². The molecular formula is C15H22N2O3. The van der Waals surface area contributed by atoms with E-state index in [0.29, 0.717) is 13.2 Å². The van der Waals surface area contributed by atoms with Gasteiger partial charge in [-0.3, -0.25) is 14.5 Å². The van der Waals surface area contributed by atoms with Crippen LogP contribution in [0.1, 0.15) is 35.5 Å². The van der Waals surface area contributed by atoms with Gasteiger partial charge in [0.2, 0.25) is 0 Å². The number of hydrogen-bond donors (Lipinski definition) is 0. The summed E-state index contributed by atoms with van der Waals surface area (Å²) >= 11 is 0. The van der Waals surface area contributed by atoms with E-state index in [1.807, 2.05) is 0 Å². The molecule has 0 atom stereocenters. The van der Waals surface area contributed by atoms with Gasteiger partial charge in [0.05, 0.1) is 12.2 Å². The summed E-state index contributed by atoms with van der Waals surface area (Å²) in [5.41, 5.74) is 2.26. The predicted octanol–water partition coefficient (Wildman–Crippen LogP) is 1.08. The number of likely N-dealkylation sites (N-methyl/N-ethyl adjacent to an activating group) is 1. The fourth-order valence-electron chi connectivity index (χ4n) is 2.72. The van der Waals surface area contributed by atoms with Crippen LogP contribution in [0.2, 0.25) is 0 Å². The Balaban J connectivity index is 2.51. The van der Waals surface area contributed by atoms with Gasteiger partial charge in [0.1, 0.15) is 0 Å². The molecule has 0 saturated heterocycles. The molecule has 1 aromatic rings. The Kier molecular flexibility index (Phi) is 4.73. The van der Waals surface area contributed by atoms with Crippen molar-refractivity contribution < 1.29 is 9.53 Å². The normalized spacial score (nSPS) is 15.2. The van der Waals surface area contributed by atoms with Crippen LogP contribution >= 0.6 is 0 Å². The number of Topliss-reactive ketones (excluding diaryl/α,β-unsaturated/α-hetero) is 1. The average Bonchev–Trinajstić information content (AvgIpc) is 2.45. The average molecular weight is 278 g/mol. The number of nitrogens with zero attached hydrogens (tertiary/aromatic N) is 2. The van der Waals surface area contributed by atoms with Crippen LogP contribution in [0.15, 0.2) is 10.9 Å². The molecule has 0 saturated carbocycles. The number of methoxy groups -OCH3 is 1. The molecule has 0 radical (unpaired) electrons. The maximum Gasteiger partial charge on any atom is 0.261 e. The summed E-state index contributed by atoms with van der Waals surface area (Å²) in [7, 11) is 1.62. The maximum absolute atomic E-state index is 12.4. The molecule has 1 aliphatic rings. The predicted molar refractivity (Wildman–Crippen MR) is 77.2 cm³/mol. The molecule has 0 fully saturated rings. The zero-order valence-electron chi connectivity index (χ0n) is 12.4. The van der Waals surface area contributed by atoms with Crippen LogP contribution in [-0.4, -0.2) is 42.1 Å². The van der Waals surface area contributed by atoms with Gasteiger partial charge in [0, 0.05) is 38.9 Å². The fraction of sp³-hybridized carbons (Fsp3) is 0.600. The number of rotatable bonds is 5. The molecule has 0 unspecified atom stereocenters. The number of pyridine rings is 1. The summed E-state index contributed by atoms with van der Waals surface area (Å²) in [6.45, 7) is 7.29. The molecule has 0 bridgehead atoms. The smallest absolute Gasteiger partial charge is 0.261 e. The van der Waals surface area contributed by atoms with E-state index in [2.05, 4.69) is 11.8 Å². The summed E-state index contributed by atoms with van der Waals surface area (Å²) in [6, 6.07) is 1.78. The third kappa shape index (κ3) is 2.83. The monoisotopic (exact) mass is 278 g/mol. The van der Waals surface area contributed by atoms with Crippen LogP contribution in [0.3, 0.4) is 0 Å². The SMILES string of the molecule is CCN1CCc2c(cc(C(C)=O)c(=O)n2CCOC)C1. The Morgan fingerprint density at radius 3 is 2.80 bits per heavy atom. The van der Waals surface area contributed by atoms with Gasteiger partial charge in [0.25, 0.3) is 5.56 Å². The number of ether oxygens (including phenoxy) is 1. The molecule has 0 aliphatic carbocycles. The van der Waals surface area contributed by atoms with Crippen LogP contribution in [0.4, 0.5) is 0 Å². The molecule has 110 valence electrons. The third-order valence-electron chi connectivity index (χ3n) is 3.89. The molecule has 20 heavy (non-hydrogen) atoms. The van der Waals surface area contributed by atoms with Gasteiger partial charge in [-0.25, -0.2) is 0 Å². The van der Waals surface area contributed by atoms with E-state index in [1.165, 1.54) is 6.92 Å². The highest BCUT2D eigenvalue weighted by Crippen LogP contribution is 2.18. The molecule has 2 heterocycles. The number of fused-ring (bicyclic) bond motifs is 1. The first-order valence-electron chi connectivity index (χ1n) is 7.06. The Bertz CT molecular complexity index is 563. The van der Waals surface area contributed by atoms with E-state index in [-0.39, 0.29) is 16.9 Å². The topological polar surface area (TPSA) is 51.5 Å². The van der Waals surface area contributed by atoms with Crippen molar-refractivity contribution >= 4 is 5.78 Å². The standard InChI is InChI=1S/C15H22N2O3/c1-4-16-6-5-14-12(10-16)9-13(11(2)18)15(19)17(14)7-8-20-3/h9H,4-8,10H2,1-3H3. The van der Waals surface area contributed by atoms with Gasteiger partial charge in [-0.2, -0.15) is 0 Å². The summed E-state index contributed by atoms with van der Waals surface area (Å²) < 4.78 is 6.80. The van der Waals surface area contributed by atoms with E-state index in [9.17, 15) is 9.59 Å². The quantitative estimate of drug-likeness (QED) is 0.756. The summed E-state index contributed by atoms with van der Waals surface area (Å²) in [4.78, 5) is 26.4. The molecule has 1 aromatic heterocycles. The first-order chi connectivity index (χ1) is 9.58. The number of aromatic nitrogens is 1. The zero-order chi connectivity index (χ0) is 14.7. The van der Waals surface area contributed by atoms with Gasteiger partial charge in [-0.05, 0) is 25.1 Å². The number of ketones is 1. The lowest BCUT2D eigenvalue weighted by Gasteiger charge is -2.30. The fourth-order valence-corrected chi connectivity index (χ4v) is 2.72. The highest BCUT2D eigenvalue weighted by Gasteiger charge is 2.22. The van der Waals surface area contributed by atoms with E-state index in [0.717, 1.165) is 37.3 Å². The van der Waals surface area contributed by atoms with Gasteiger partial charge >= 0.3 is 0 Å². The molecular weight excluding hydrogens is 256 g/mol. The highest BCUT2D eigenvalue weighted by molar-refractivity contribution is 5.93. The lowest BCUT2D eigenvalue weighted by Crippen LogP contribution is -2.38. The molecule has 5 nitrogen and oxygen atoms in total. The largest absolute Gasteiger partial charge is 0.383 e. The second-order valence-electron chi connectivity index (χ2n) is 5.15. The minimum absolute atomic E-state index is 0.169. The van der Waals surface area contributed by atoms with Gasteiger partial charge < -0.3 is 9.30 Å². The summed E-state index contributed by atoms with van der Waals surface area (Å²) in [5.74, 6) is -0.169. The maximum atomic E-state index is 12.4. The third-order valence-corrected chi connectivity index (χ3v) is 3.89. The van der Waals surface area contributed by atoms with Crippen LogP contribution in [0.5, 0.6) is 0 Å². The van der Waals surface area contributed by atoms with Crippen LogP contribution in [0.25, 0.3) is 0 Å². The Hall–Kier alpha value is -1.46. The molecule has 0 N–H and O–H groups in total. The molecule has 1 aliphatic heterocycles. The number of carbonyl (C=O) groups excluding carboxylic acids is 1. The second-order valence-corrected chi connectivity index (χ2v) is 5.15. The lowest BCUT2D eigenvalue weighted by molar-refractivity contribution is 0.101. The van der Waals surface area contributed by atoms with Gasteiger partial charge in [-0.15, -0.1) is 0 Å². The first-order valence-corrected chi connectivity index (χ1v) is 7.06. The Morgan fingerprint density at radius 2 is 2.20 bits per heavy atom. The molecule has 0 amide bonds. The minimum Gasteiger partial charge on any atom is -0.383 e. The van der Waals surface area contributed by atoms with Gasteiger partial charge in [0.15, 0.2) is 5.78 Å². The minimum atomic E-state index is -0.182. The zero-order valence-corrected chi connectivity index (χ0v) is 12.4. The van der Waals surface area contributed by atoms with E-state index in [1.54, 1.807) is 17.7 Å². The molecule has 5 heteroatoms. The van der Waals surface area contributed by atoms with Crippen LogP contribution < -0.4 is 5.56 Å². The van der Waals surface area contributed by atoms with Crippen molar-refractivity contribution in [3.05, 3.63) is 33.2 Å². The van der Waals surface area contributed by atoms with Gasteiger partial charge in [-0.1, -0.05) is 6.92 Å². The second kappa shape index (κ2) is 6.33. The molecule has 0 aromatic carbocycles. The highest BCUT2D eigenvalue weighted by atomic mass is 16.5. The van der Waals surface area contributed by atoms with Crippen molar-refractivity contribution in [2.75, 3.05) is 26.8 Å². The van der Waals surface area contributed by atoms with Crippen LogP contribution in [-0.2, 0) is 24.2 Å². The molecule has 0 spiro atoms. The summed E-state index contributed by atoms with van der Waals surface area (Å²) in [5, 5.41) is 0. The first kappa shape index (κ1) is 14.9. The van der Waals surface area contributed by atoms with Crippen molar-refractivity contribution in [1.82, 2.24) is 9.47 Å². The van der Waals surface area contributed by atoms with E-state index in [4.69, 9.17) is 4.74 Å². The molecule has 2 rings (SSSR count). The number of carbonyl (C=O) groups is 1. The number of hydrogen-bond acceptors (Lipinski definition) is 4. The Morgan fingerprint density at radius 1 is 1.45 bits per heavy atom. The van der Waals surface area contributed by atoms with Crippen molar-refractivity contribution in [1.29, 1.82) is 0 Å². The van der Waals surface area contributed by atoms with Crippen LogP contribution in [0, 0.1) is 0 Å². The van der Waals surface area contributed by atoms with E-state index < -0.39 is 0 Å². The summed E-state index contributed by atoms with van der Waals surface area (Å²) in [6.07, 6.45) is 0.848. The van der Waals surface area contributed by atoms with Crippen molar-refractivity contribution in [3.8, 4) is 0 Å². The van der Waals surface area contributed by atoms with Crippen molar-refractivity contribution in [2.45, 2.75) is 33.4 Å². The van der Waals surface area contributed by atoms with Crippen molar-refractivity contribution in [3.63, 3.8) is 0 Å². The van der Waals surface area contributed by atoms with E-state index >= 15 is 0 Å². The lowest BCUT2D eigenvalue weighted by atomic mass is 10.0. The Labute approximate surface area is 119 Å².